The Morgan fingerprint density at radius 2 is 1.91 bits per heavy atom. The van der Waals surface area contributed by atoms with Gasteiger partial charge in [-0.05, 0) is 25.1 Å². The molecule has 1 aliphatic heterocycles. The molecule has 3 nitrogen and oxygen atoms in total. The molecular formula is C16H15F3N2OS. The van der Waals surface area contributed by atoms with Crippen molar-refractivity contribution in [2.45, 2.75) is 13.1 Å². The summed E-state index contributed by atoms with van der Waals surface area (Å²) in [6.07, 6.45) is -4.27. The van der Waals surface area contributed by atoms with Gasteiger partial charge in [-0.25, -0.2) is 0 Å². The molecule has 2 aromatic rings. The fourth-order valence-electron chi connectivity index (χ4n) is 2.72. The average molecular weight is 340 g/mol. The predicted molar refractivity (Wildman–Crippen MR) is 85.4 cm³/mol. The first-order valence-electron chi connectivity index (χ1n) is 7.13. The van der Waals surface area contributed by atoms with Crippen LogP contribution in [0.4, 0.5) is 24.5 Å². The minimum Gasteiger partial charge on any atom is -0.359 e. The summed E-state index contributed by atoms with van der Waals surface area (Å²) >= 11 is 1.48. The lowest BCUT2D eigenvalue weighted by Gasteiger charge is -2.37. The number of fused-ring (bicyclic) bond motifs is 1. The van der Waals surface area contributed by atoms with Gasteiger partial charge in [0.2, 0.25) is 0 Å². The summed E-state index contributed by atoms with van der Waals surface area (Å²) in [6.45, 7) is 1.30. The lowest BCUT2D eigenvalue weighted by atomic mass is 10.1. The molecule has 2 heterocycles. The number of hydrogen-bond donors (Lipinski definition) is 0. The van der Waals surface area contributed by atoms with Crippen molar-refractivity contribution in [3.8, 4) is 0 Å². The molecule has 0 fully saturated rings. The molecule has 23 heavy (non-hydrogen) atoms. The minimum absolute atomic E-state index is 0.158. The normalized spacial score (nSPS) is 14.8. The molecule has 0 atom stereocenters. The maximum Gasteiger partial charge on any atom is 0.405 e. The lowest BCUT2D eigenvalue weighted by molar-refractivity contribution is -0.119. The van der Waals surface area contributed by atoms with Crippen LogP contribution in [0.25, 0.3) is 0 Å². The summed E-state index contributed by atoms with van der Waals surface area (Å²) in [5.41, 5.74) is 1.54. The SMILES string of the molecule is Cc1cc(C(=O)N2CCN(CC(F)(F)F)c3ccccc32)cs1. The molecule has 7 heteroatoms. The van der Waals surface area contributed by atoms with Gasteiger partial charge in [0.25, 0.3) is 5.91 Å². The van der Waals surface area contributed by atoms with Crippen molar-refractivity contribution in [1.82, 2.24) is 0 Å². The molecular weight excluding hydrogens is 325 g/mol. The van der Waals surface area contributed by atoms with Crippen LogP contribution in [0.5, 0.6) is 0 Å². The smallest absolute Gasteiger partial charge is 0.359 e. The molecule has 3 rings (SSSR count). The molecule has 1 aliphatic rings. The number of carbonyl (C=O) groups is 1. The number of anilines is 2. The first-order valence-corrected chi connectivity index (χ1v) is 8.01. The Hall–Kier alpha value is -2.02. The van der Waals surface area contributed by atoms with Gasteiger partial charge in [-0.3, -0.25) is 4.79 Å². The monoisotopic (exact) mass is 340 g/mol. The van der Waals surface area contributed by atoms with Crippen molar-refractivity contribution in [3.05, 3.63) is 46.2 Å². The fraction of sp³-hybridized carbons (Fsp3) is 0.312. The summed E-state index contributed by atoms with van der Waals surface area (Å²) in [7, 11) is 0. The van der Waals surface area contributed by atoms with Crippen molar-refractivity contribution in [3.63, 3.8) is 0 Å². The molecule has 0 aliphatic carbocycles. The number of halogens is 3. The van der Waals surface area contributed by atoms with Crippen LogP contribution in [0.2, 0.25) is 0 Å². The number of benzene rings is 1. The Bertz CT molecular complexity index is 726. The van der Waals surface area contributed by atoms with Crippen LogP contribution in [0.1, 0.15) is 15.2 Å². The molecule has 0 radical (unpaired) electrons. The Labute approximate surface area is 135 Å². The van der Waals surface area contributed by atoms with E-state index in [1.54, 1.807) is 40.6 Å². The highest BCUT2D eigenvalue weighted by atomic mass is 32.1. The Morgan fingerprint density at radius 1 is 1.22 bits per heavy atom. The van der Waals surface area contributed by atoms with Crippen molar-refractivity contribution >= 4 is 28.6 Å². The van der Waals surface area contributed by atoms with E-state index in [0.29, 0.717) is 16.9 Å². The summed E-state index contributed by atoms with van der Waals surface area (Å²) in [5, 5.41) is 1.78. The molecule has 0 spiro atoms. The largest absolute Gasteiger partial charge is 0.405 e. The van der Waals surface area contributed by atoms with Gasteiger partial charge in [0.05, 0.1) is 16.9 Å². The van der Waals surface area contributed by atoms with Crippen molar-refractivity contribution in [2.24, 2.45) is 0 Å². The third-order valence-electron chi connectivity index (χ3n) is 3.70. The zero-order chi connectivity index (χ0) is 16.6. The first-order chi connectivity index (χ1) is 10.8. The van der Waals surface area contributed by atoms with E-state index in [1.165, 1.54) is 16.2 Å². The van der Waals surface area contributed by atoms with E-state index < -0.39 is 12.7 Å². The Kier molecular flexibility index (Phi) is 4.06. The van der Waals surface area contributed by atoms with Crippen molar-refractivity contribution in [2.75, 3.05) is 29.4 Å². The van der Waals surface area contributed by atoms with E-state index in [9.17, 15) is 18.0 Å². The molecule has 0 N–H and O–H groups in total. The highest BCUT2D eigenvalue weighted by Crippen LogP contribution is 2.35. The third kappa shape index (κ3) is 3.34. The standard InChI is InChI=1S/C16H15F3N2OS/c1-11-8-12(9-23-11)15(22)21-7-6-20(10-16(17,18)19)13-4-2-3-5-14(13)21/h2-5,8-9H,6-7,10H2,1H3. The van der Waals surface area contributed by atoms with Gasteiger partial charge in [-0.2, -0.15) is 13.2 Å². The zero-order valence-electron chi connectivity index (χ0n) is 12.4. The van der Waals surface area contributed by atoms with Crippen LogP contribution in [0.3, 0.4) is 0 Å². The highest BCUT2D eigenvalue weighted by molar-refractivity contribution is 7.10. The van der Waals surface area contributed by atoms with Gasteiger partial charge in [0.15, 0.2) is 0 Å². The quantitative estimate of drug-likeness (QED) is 0.822. The second kappa shape index (κ2) is 5.88. The Balaban J connectivity index is 1.92. The lowest BCUT2D eigenvalue weighted by Crippen LogP contribution is -2.47. The summed E-state index contributed by atoms with van der Waals surface area (Å²) in [5.74, 6) is -0.173. The number of para-hydroxylation sites is 2. The molecule has 1 amide bonds. The van der Waals surface area contributed by atoms with Crippen LogP contribution >= 0.6 is 11.3 Å². The maximum absolute atomic E-state index is 12.7. The van der Waals surface area contributed by atoms with E-state index in [4.69, 9.17) is 0 Å². The summed E-state index contributed by atoms with van der Waals surface area (Å²) in [4.78, 5) is 16.5. The second-order valence-electron chi connectivity index (χ2n) is 5.43. The van der Waals surface area contributed by atoms with Gasteiger partial charge in [-0.1, -0.05) is 12.1 Å². The number of amides is 1. The van der Waals surface area contributed by atoms with E-state index in [1.807, 2.05) is 6.92 Å². The first kappa shape index (κ1) is 15.9. The summed E-state index contributed by atoms with van der Waals surface area (Å²) in [6, 6.07) is 8.53. The second-order valence-corrected chi connectivity index (χ2v) is 6.54. The van der Waals surface area contributed by atoms with Gasteiger partial charge >= 0.3 is 6.18 Å². The zero-order valence-corrected chi connectivity index (χ0v) is 13.2. The number of alkyl halides is 3. The number of carbonyl (C=O) groups excluding carboxylic acids is 1. The van der Waals surface area contributed by atoms with Crippen LogP contribution in [0.15, 0.2) is 35.7 Å². The molecule has 122 valence electrons. The molecule has 0 saturated carbocycles. The van der Waals surface area contributed by atoms with Crippen molar-refractivity contribution < 1.29 is 18.0 Å². The van der Waals surface area contributed by atoms with E-state index in [-0.39, 0.29) is 19.0 Å². The minimum atomic E-state index is -4.27. The van der Waals surface area contributed by atoms with Gasteiger partial charge in [-0.15, -0.1) is 11.3 Å². The van der Waals surface area contributed by atoms with E-state index in [0.717, 1.165) is 4.88 Å². The number of aryl methyl sites for hydroxylation is 1. The van der Waals surface area contributed by atoms with Crippen LogP contribution in [-0.2, 0) is 0 Å². The van der Waals surface area contributed by atoms with Crippen molar-refractivity contribution in [1.29, 1.82) is 0 Å². The fourth-order valence-corrected chi connectivity index (χ4v) is 3.40. The van der Waals surface area contributed by atoms with Crippen LogP contribution < -0.4 is 9.80 Å². The predicted octanol–water partition coefficient (Wildman–Crippen LogP) is 4.09. The number of nitrogens with zero attached hydrogens (tertiary/aromatic N) is 2. The van der Waals surface area contributed by atoms with Gasteiger partial charge in [0, 0.05) is 23.3 Å². The number of rotatable bonds is 2. The molecule has 1 aromatic heterocycles. The maximum atomic E-state index is 12.7. The topological polar surface area (TPSA) is 23.6 Å². The molecule has 0 unspecified atom stereocenters. The van der Waals surface area contributed by atoms with Gasteiger partial charge < -0.3 is 9.80 Å². The van der Waals surface area contributed by atoms with Crippen LogP contribution in [0, 0.1) is 6.92 Å². The van der Waals surface area contributed by atoms with E-state index >= 15 is 0 Å². The molecule has 0 bridgehead atoms. The Morgan fingerprint density at radius 3 is 2.52 bits per heavy atom. The average Bonchev–Trinajstić information content (AvgIpc) is 2.92. The molecule has 1 aromatic carbocycles. The summed E-state index contributed by atoms with van der Waals surface area (Å²) < 4.78 is 38.2. The number of hydrogen-bond acceptors (Lipinski definition) is 3. The third-order valence-corrected chi connectivity index (χ3v) is 4.56. The highest BCUT2D eigenvalue weighted by Gasteiger charge is 2.35. The number of thiophene rings is 1. The van der Waals surface area contributed by atoms with E-state index in [2.05, 4.69) is 0 Å². The van der Waals surface area contributed by atoms with Crippen LogP contribution in [-0.4, -0.2) is 31.7 Å². The van der Waals surface area contributed by atoms with Gasteiger partial charge in [0.1, 0.15) is 6.54 Å². The molecule has 0 saturated heterocycles.